The van der Waals surface area contributed by atoms with Crippen LogP contribution in [0.4, 0.5) is 4.39 Å². The smallest absolute Gasteiger partial charge is 0.128 e. The third kappa shape index (κ3) is 3.90. The van der Waals surface area contributed by atoms with Gasteiger partial charge in [0.15, 0.2) is 0 Å². The molecular formula is C21H26FN3. The molecule has 0 amide bonds. The number of nitrogens with two attached hydrogens (primary N) is 1. The van der Waals surface area contributed by atoms with Gasteiger partial charge in [-0.1, -0.05) is 24.6 Å². The summed E-state index contributed by atoms with van der Waals surface area (Å²) in [5.41, 5.74) is 10.8. The van der Waals surface area contributed by atoms with Crippen LogP contribution >= 0.6 is 0 Å². The van der Waals surface area contributed by atoms with Crippen LogP contribution in [0.25, 0.3) is 11.0 Å². The minimum atomic E-state index is -0.165. The number of hydrogen-bond donors (Lipinski definition) is 1. The highest BCUT2D eigenvalue weighted by Crippen LogP contribution is 2.23. The van der Waals surface area contributed by atoms with Crippen LogP contribution in [-0.2, 0) is 13.0 Å². The minimum Gasteiger partial charge on any atom is -0.330 e. The second-order valence-corrected chi connectivity index (χ2v) is 6.73. The molecule has 3 nitrogen and oxygen atoms in total. The van der Waals surface area contributed by atoms with E-state index in [0.29, 0.717) is 12.1 Å². The molecule has 0 saturated heterocycles. The van der Waals surface area contributed by atoms with Gasteiger partial charge in [0, 0.05) is 12.0 Å². The van der Waals surface area contributed by atoms with Crippen molar-refractivity contribution >= 4 is 11.0 Å². The van der Waals surface area contributed by atoms with Gasteiger partial charge in [-0.05, 0) is 62.6 Å². The Balaban J connectivity index is 1.99. The third-order valence-electron chi connectivity index (χ3n) is 4.83. The summed E-state index contributed by atoms with van der Waals surface area (Å²) in [7, 11) is 0. The molecule has 2 aromatic carbocycles. The molecular weight excluding hydrogens is 313 g/mol. The molecule has 0 bridgehead atoms. The molecule has 3 rings (SSSR count). The number of aromatic nitrogens is 2. The molecule has 4 heteroatoms. The van der Waals surface area contributed by atoms with E-state index in [2.05, 4.69) is 30.5 Å². The topological polar surface area (TPSA) is 43.8 Å². The highest BCUT2D eigenvalue weighted by Gasteiger charge is 2.14. The molecule has 0 saturated carbocycles. The Morgan fingerprint density at radius 1 is 1.04 bits per heavy atom. The first-order valence-electron chi connectivity index (χ1n) is 9.00. The summed E-state index contributed by atoms with van der Waals surface area (Å²) in [6.07, 6.45) is 4.07. The molecule has 0 unspecified atom stereocenters. The third-order valence-corrected chi connectivity index (χ3v) is 4.83. The van der Waals surface area contributed by atoms with Crippen molar-refractivity contribution in [1.82, 2.24) is 9.55 Å². The molecule has 3 aromatic rings. The summed E-state index contributed by atoms with van der Waals surface area (Å²) < 4.78 is 16.3. The Labute approximate surface area is 148 Å². The Kier molecular flexibility index (Phi) is 5.49. The van der Waals surface area contributed by atoms with Gasteiger partial charge in [-0.15, -0.1) is 0 Å². The van der Waals surface area contributed by atoms with Crippen molar-refractivity contribution in [3.63, 3.8) is 0 Å². The van der Waals surface area contributed by atoms with Crippen molar-refractivity contribution in [1.29, 1.82) is 0 Å². The fraction of sp³-hybridized carbons (Fsp3) is 0.381. The van der Waals surface area contributed by atoms with E-state index in [-0.39, 0.29) is 5.82 Å². The second kappa shape index (κ2) is 7.79. The average molecular weight is 339 g/mol. The quantitative estimate of drug-likeness (QED) is 0.644. The molecule has 2 N–H and O–H groups in total. The summed E-state index contributed by atoms with van der Waals surface area (Å²) in [6.45, 7) is 5.45. The van der Waals surface area contributed by atoms with Crippen LogP contribution in [0.15, 0.2) is 36.4 Å². The number of imidazole rings is 1. The molecule has 0 atom stereocenters. The van der Waals surface area contributed by atoms with E-state index in [1.165, 1.54) is 17.2 Å². The zero-order chi connectivity index (χ0) is 17.8. The van der Waals surface area contributed by atoms with Crippen molar-refractivity contribution in [2.75, 3.05) is 6.54 Å². The Morgan fingerprint density at radius 3 is 2.56 bits per heavy atom. The van der Waals surface area contributed by atoms with E-state index in [0.717, 1.165) is 49.1 Å². The lowest BCUT2D eigenvalue weighted by Crippen LogP contribution is -2.07. The van der Waals surface area contributed by atoms with E-state index in [9.17, 15) is 4.39 Å². The zero-order valence-electron chi connectivity index (χ0n) is 15.1. The first kappa shape index (κ1) is 17.6. The predicted molar refractivity (Wildman–Crippen MR) is 101 cm³/mol. The minimum absolute atomic E-state index is 0.165. The lowest BCUT2D eigenvalue weighted by molar-refractivity contribution is 0.592. The fourth-order valence-corrected chi connectivity index (χ4v) is 3.20. The number of hydrogen-bond acceptors (Lipinski definition) is 2. The van der Waals surface area contributed by atoms with E-state index < -0.39 is 0 Å². The number of fused-ring (bicyclic) bond motifs is 1. The maximum absolute atomic E-state index is 14.2. The number of unbranched alkanes of at least 4 members (excludes halogenated alkanes) is 2. The van der Waals surface area contributed by atoms with Crippen LogP contribution in [0, 0.1) is 19.7 Å². The molecule has 0 spiro atoms. The van der Waals surface area contributed by atoms with E-state index in [4.69, 9.17) is 10.7 Å². The maximum atomic E-state index is 14.2. The van der Waals surface area contributed by atoms with Gasteiger partial charge in [-0.25, -0.2) is 9.37 Å². The van der Waals surface area contributed by atoms with Gasteiger partial charge in [0.25, 0.3) is 0 Å². The molecule has 132 valence electrons. The Bertz CT molecular complexity index is 867. The van der Waals surface area contributed by atoms with Gasteiger partial charge in [0.05, 0.1) is 17.6 Å². The van der Waals surface area contributed by atoms with Gasteiger partial charge in [0.1, 0.15) is 11.6 Å². The molecule has 0 aliphatic rings. The van der Waals surface area contributed by atoms with Crippen molar-refractivity contribution in [2.45, 2.75) is 46.1 Å². The Hall–Kier alpha value is -2.20. The van der Waals surface area contributed by atoms with Crippen molar-refractivity contribution in [3.8, 4) is 0 Å². The van der Waals surface area contributed by atoms with Crippen LogP contribution < -0.4 is 5.73 Å². The highest BCUT2D eigenvalue weighted by atomic mass is 19.1. The largest absolute Gasteiger partial charge is 0.330 e. The first-order chi connectivity index (χ1) is 12.1. The number of halogens is 1. The van der Waals surface area contributed by atoms with Gasteiger partial charge in [-0.2, -0.15) is 0 Å². The summed E-state index contributed by atoms with van der Waals surface area (Å²) in [4.78, 5) is 4.85. The van der Waals surface area contributed by atoms with Crippen LogP contribution in [-0.4, -0.2) is 16.1 Å². The monoisotopic (exact) mass is 339 g/mol. The van der Waals surface area contributed by atoms with Crippen LogP contribution in [0.3, 0.4) is 0 Å². The zero-order valence-corrected chi connectivity index (χ0v) is 15.1. The SMILES string of the molecule is Cc1cc2nc(CCCCCN)n(Cc3ccccc3F)c2cc1C. The molecule has 0 radical (unpaired) electrons. The Morgan fingerprint density at radius 2 is 1.80 bits per heavy atom. The van der Waals surface area contributed by atoms with E-state index >= 15 is 0 Å². The summed E-state index contributed by atoms with van der Waals surface area (Å²) >= 11 is 0. The molecule has 1 aromatic heterocycles. The molecule has 0 aliphatic carbocycles. The van der Waals surface area contributed by atoms with Crippen molar-refractivity contribution in [2.24, 2.45) is 5.73 Å². The second-order valence-electron chi connectivity index (χ2n) is 6.73. The standard InChI is InChI=1S/C21H26FN3/c1-15-12-19-20(13-16(15)2)25(14-17-8-5-6-9-18(17)22)21(24-19)10-4-3-7-11-23/h5-6,8-9,12-13H,3-4,7,10-11,14,23H2,1-2H3. The molecule has 1 heterocycles. The summed E-state index contributed by atoms with van der Waals surface area (Å²) in [6, 6.07) is 11.3. The summed E-state index contributed by atoms with van der Waals surface area (Å²) in [5, 5.41) is 0. The molecule has 25 heavy (non-hydrogen) atoms. The average Bonchev–Trinajstić information content (AvgIpc) is 2.91. The van der Waals surface area contributed by atoms with Crippen molar-refractivity contribution in [3.05, 3.63) is 64.7 Å². The van der Waals surface area contributed by atoms with Crippen LogP contribution in [0.1, 0.15) is 41.8 Å². The van der Waals surface area contributed by atoms with Gasteiger partial charge in [-0.3, -0.25) is 0 Å². The van der Waals surface area contributed by atoms with E-state index in [1.54, 1.807) is 6.07 Å². The van der Waals surface area contributed by atoms with Gasteiger partial charge in [0.2, 0.25) is 0 Å². The summed E-state index contributed by atoms with van der Waals surface area (Å²) in [5.74, 6) is 0.863. The maximum Gasteiger partial charge on any atom is 0.128 e. The normalized spacial score (nSPS) is 11.4. The molecule has 0 aliphatic heterocycles. The fourth-order valence-electron chi connectivity index (χ4n) is 3.20. The number of rotatable bonds is 7. The lowest BCUT2D eigenvalue weighted by Gasteiger charge is -2.11. The highest BCUT2D eigenvalue weighted by molar-refractivity contribution is 5.78. The predicted octanol–water partition coefficient (Wildman–Crippen LogP) is 4.51. The van der Waals surface area contributed by atoms with Crippen LogP contribution in [0.5, 0.6) is 0 Å². The molecule has 0 fully saturated rings. The number of benzene rings is 2. The number of nitrogens with zero attached hydrogens (tertiary/aromatic N) is 2. The van der Waals surface area contributed by atoms with Crippen LogP contribution in [0.2, 0.25) is 0 Å². The number of aryl methyl sites for hydroxylation is 3. The van der Waals surface area contributed by atoms with E-state index in [1.807, 2.05) is 12.1 Å². The first-order valence-corrected chi connectivity index (χ1v) is 9.00. The van der Waals surface area contributed by atoms with Gasteiger partial charge >= 0.3 is 0 Å². The van der Waals surface area contributed by atoms with Gasteiger partial charge < -0.3 is 10.3 Å². The van der Waals surface area contributed by atoms with Crippen molar-refractivity contribution < 1.29 is 4.39 Å². The lowest BCUT2D eigenvalue weighted by atomic mass is 10.1.